The first-order chi connectivity index (χ1) is 16.0. The van der Waals surface area contributed by atoms with Gasteiger partial charge in [0, 0.05) is 51.6 Å². The van der Waals surface area contributed by atoms with E-state index in [1.807, 2.05) is 6.92 Å². The number of carbonyl (C=O) groups is 2. The summed E-state index contributed by atoms with van der Waals surface area (Å²) in [6, 6.07) is 4.89. The highest BCUT2D eigenvalue weighted by Gasteiger charge is 2.12. The highest BCUT2D eigenvalue weighted by atomic mass is 16.5. The smallest absolute Gasteiger partial charge is 0.219 e. The summed E-state index contributed by atoms with van der Waals surface area (Å²) in [5.41, 5.74) is 1.30. The van der Waals surface area contributed by atoms with E-state index in [0.29, 0.717) is 82.4 Å². The fraction of sp³-hybridized carbons (Fsp3) is 0.680. The standard InChI is InChI=1S/C25H41NO7/c1-3-7-24(29)8-4-5-12-31-14-16-33-17-15-32-13-6-11-26(21(2)28)19-23-18-22(20-27)9-10-25(23)30/h9-10,18,27,30H,3-8,11-17,19-20H2,1-2H3. The van der Waals surface area contributed by atoms with Crippen LogP contribution in [0.5, 0.6) is 5.75 Å². The number of carbonyl (C=O) groups excluding carboxylic acids is 2. The van der Waals surface area contributed by atoms with Crippen LogP contribution in [-0.4, -0.2) is 73.0 Å². The molecule has 2 N–H and O–H groups in total. The number of ketones is 1. The van der Waals surface area contributed by atoms with Gasteiger partial charge in [0.15, 0.2) is 0 Å². The molecule has 1 aromatic carbocycles. The lowest BCUT2D eigenvalue weighted by atomic mass is 10.1. The number of unbranched alkanes of at least 4 members (excludes halogenated alkanes) is 1. The number of rotatable bonds is 20. The number of hydrogen-bond acceptors (Lipinski definition) is 7. The van der Waals surface area contributed by atoms with Gasteiger partial charge >= 0.3 is 0 Å². The van der Waals surface area contributed by atoms with Gasteiger partial charge in [-0.15, -0.1) is 0 Å². The van der Waals surface area contributed by atoms with E-state index in [0.717, 1.165) is 19.3 Å². The zero-order valence-corrected chi connectivity index (χ0v) is 20.2. The van der Waals surface area contributed by atoms with Crippen molar-refractivity contribution in [3.05, 3.63) is 29.3 Å². The van der Waals surface area contributed by atoms with E-state index in [1.165, 1.54) is 13.0 Å². The SMILES string of the molecule is CCCC(=O)CCCCOCCOCCOCCCN(Cc1cc(CO)ccc1O)C(C)=O. The summed E-state index contributed by atoms with van der Waals surface area (Å²) in [6.45, 7) is 7.33. The second-order valence-electron chi connectivity index (χ2n) is 8.00. The highest BCUT2D eigenvalue weighted by Crippen LogP contribution is 2.20. The molecule has 0 unspecified atom stereocenters. The number of amides is 1. The van der Waals surface area contributed by atoms with Crippen LogP contribution in [0.25, 0.3) is 0 Å². The zero-order chi connectivity index (χ0) is 24.3. The van der Waals surface area contributed by atoms with Crippen molar-refractivity contribution in [1.82, 2.24) is 4.90 Å². The normalized spacial score (nSPS) is 11.0. The maximum Gasteiger partial charge on any atom is 0.219 e. The van der Waals surface area contributed by atoms with Crippen molar-refractivity contribution in [2.75, 3.05) is 46.2 Å². The highest BCUT2D eigenvalue weighted by molar-refractivity contribution is 5.78. The van der Waals surface area contributed by atoms with E-state index >= 15 is 0 Å². The molecule has 1 rings (SSSR count). The summed E-state index contributed by atoms with van der Waals surface area (Å²) in [5, 5.41) is 19.3. The molecule has 0 heterocycles. The predicted octanol–water partition coefficient (Wildman–Crippen LogP) is 3.21. The third-order valence-electron chi connectivity index (χ3n) is 5.12. The Bertz CT molecular complexity index is 681. The number of benzene rings is 1. The van der Waals surface area contributed by atoms with Crippen molar-refractivity contribution in [3.8, 4) is 5.75 Å². The Kier molecular flexibility index (Phi) is 16.2. The molecule has 1 amide bonds. The van der Waals surface area contributed by atoms with Gasteiger partial charge in [-0.3, -0.25) is 9.59 Å². The minimum absolute atomic E-state index is 0.0836. The topological polar surface area (TPSA) is 106 Å². The third-order valence-corrected chi connectivity index (χ3v) is 5.12. The van der Waals surface area contributed by atoms with Crippen molar-refractivity contribution in [2.45, 2.75) is 65.5 Å². The lowest BCUT2D eigenvalue weighted by molar-refractivity contribution is -0.129. The van der Waals surface area contributed by atoms with Gasteiger partial charge in [0.05, 0.1) is 33.0 Å². The lowest BCUT2D eigenvalue weighted by Gasteiger charge is -2.22. The number of aliphatic hydroxyl groups is 1. The van der Waals surface area contributed by atoms with Gasteiger partial charge in [0.2, 0.25) is 5.91 Å². The Morgan fingerprint density at radius 3 is 2.15 bits per heavy atom. The van der Waals surface area contributed by atoms with Crippen molar-refractivity contribution >= 4 is 11.7 Å². The summed E-state index contributed by atoms with van der Waals surface area (Å²) in [5.74, 6) is 0.361. The number of phenols is 1. The third kappa shape index (κ3) is 14.0. The molecule has 0 aliphatic rings. The summed E-state index contributed by atoms with van der Waals surface area (Å²) in [6.07, 6.45) is 4.68. The molecule has 0 radical (unpaired) electrons. The molecule has 0 fully saturated rings. The Balaban J connectivity index is 2.03. The molecular weight excluding hydrogens is 426 g/mol. The molecule has 0 saturated heterocycles. The molecule has 0 aromatic heterocycles. The molecule has 0 aliphatic carbocycles. The van der Waals surface area contributed by atoms with Crippen molar-refractivity contribution in [1.29, 1.82) is 0 Å². The van der Waals surface area contributed by atoms with Crippen LogP contribution in [0.4, 0.5) is 0 Å². The van der Waals surface area contributed by atoms with Gasteiger partial charge in [0.25, 0.3) is 0 Å². The fourth-order valence-electron chi connectivity index (χ4n) is 3.25. The molecule has 0 aliphatic heterocycles. The van der Waals surface area contributed by atoms with Crippen LogP contribution in [0, 0.1) is 0 Å². The van der Waals surface area contributed by atoms with Crippen LogP contribution in [0.15, 0.2) is 18.2 Å². The van der Waals surface area contributed by atoms with Crippen LogP contribution in [-0.2, 0) is 37.0 Å². The van der Waals surface area contributed by atoms with Gasteiger partial charge in [0.1, 0.15) is 11.5 Å². The molecule has 0 saturated carbocycles. The van der Waals surface area contributed by atoms with Gasteiger partial charge in [-0.05, 0) is 43.4 Å². The van der Waals surface area contributed by atoms with E-state index in [9.17, 15) is 19.8 Å². The molecule has 33 heavy (non-hydrogen) atoms. The van der Waals surface area contributed by atoms with E-state index in [1.54, 1.807) is 17.0 Å². The van der Waals surface area contributed by atoms with Crippen molar-refractivity contribution in [2.24, 2.45) is 0 Å². The van der Waals surface area contributed by atoms with Crippen molar-refractivity contribution < 1.29 is 34.0 Å². The molecular formula is C25H41NO7. The van der Waals surface area contributed by atoms with E-state index in [2.05, 4.69) is 0 Å². The summed E-state index contributed by atoms with van der Waals surface area (Å²) in [7, 11) is 0. The Labute approximate surface area is 197 Å². The lowest BCUT2D eigenvalue weighted by Crippen LogP contribution is -2.30. The second-order valence-corrected chi connectivity index (χ2v) is 8.00. The number of nitrogens with zero attached hydrogens (tertiary/aromatic N) is 1. The summed E-state index contributed by atoms with van der Waals surface area (Å²) < 4.78 is 16.5. The number of hydrogen-bond donors (Lipinski definition) is 2. The average Bonchev–Trinajstić information content (AvgIpc) is 2.79. The first-order valence-electron chi connectivity index (χ1n) is 11.9. The van der Waals surface area contributed by atoms with Gasteiger partial charge < -0.3 is 29.3 Å². The molecule has 188 valence electrons. The summed E-state index contributed by atoms with van der Waals surface area (Å²) >= 11 is 0. The van der Waals surface area contributed by atoms with Crippen LogP contribution < -0.4 is 0 Å². The number of aromatic hydroxyl groups is 1. The largest absolute Gasteiger partial charge is 0.508 e. The Morgan fingerprint density at radius 1 is 0.909 bits per heavy atom. The summed E-state index contributed by atoms with van der Waals surface area (Å²) in [4.78, 5) is 25.0. The van der Waals surface area contributed by atoms with E-state index in [4.69, 9.17) is 14.2 Å². The fourth-order valence-corrected chi connectivity index (χ4v) is 3.25. The maximum atomic E-state index is 11.9. The monoisotopic (exact) mass is 467 g/mol. The van der Waals surface area contributed by atoms with Crippen LogP contribution >= 0.6 is 0 Å². The number of aliphatic hydroxyl groups excluding tert-OH is 1. The Hall–Kier alpha value is -2.00. The van der Waals surface area contributed by atoms with Gasteiger partial charge in [-0.2, -0.15) is 0 Å². The average molecular weight is 468 g/mol. The molecule has 8 nitrogen and oxygen atoms in total. The van der Waals surface area contributed by atoms with E-state index < -0.39 is 0 Å². The Morgan fingerprint density at radius 2 is 1.55 bits per heavy atom. The predicted molar refractivity (Wildman–Crippen MR) is 126 cm³/mol. The minimum atomic E-state index is -0.114. The number of Topliss-reactive ketones (excluding diaryl/α,β-unsaturated/α-hetero) is 1. The van der Waals surface area contributed by atoms with E-state index in [-0.39, 0.29) is 24.8 Å². The van der Waals surface area contributed by atoms with Crippen LogP contribution in [0.2, 0.25) is 0 Å². The van der Waals surface area contributed by atoms with Crippen molar-refractivity contribution in [3.63, 3.8) is 0 Å². The molecule has 8 heteroatoms. The molecule has 0 spiro atoms. The first kappa shape index (κ1) is 29.0. The number of phenolic OH excluding ortho intramolecular Hbond substituents is 1. The second kappa shape index (κ2) is 18.4. The van der Waals surface area contributed by atoms with Crippen LogP contribution in [0.3, 0.4) is 0 Å². The van der Waals surface area contributed by atoms with Gasteiger partial charge in [-0.1, -0.05) is 13.0 Å². The van der Waals surface area contributed by atoms with Gasteiger partial charge in [-0.25, -0.2) is 0 Å². The quantitative estimate of drug-likeness (QED) is 0.284. The molecule has 0 atom stereocenters. The molecule has 0 bridgehead atoms. The number of ether oxygens (including phenoxy) is 3. The zero-order valence-electron chi connectivity index (χ0n) is 20.2. The maximum absolute atomic E-state index is 11.9. The first-order valence-corrected chi connectivity index (χ1v) is 11.9. The minimum Gasteiger partial charge on any atom is -0.508 e. The van der Waals surface area contributed by atoms with Crippen LogP contribution in [0.1, 0.15) is 63.5 Å². The molecule has 1 aromatic rings.